The number of nitrogens with one attached hydrogen (secondary N) is 2. The zero-order chi connectivity index (χ0) is 14.1. The Labute approximate surface area is 107 Å². The number of aliphatic hydroxyl groups is 1. The van der Waals surface area contributed by atoms with E-state index in [1.807, 2.05) is 20.8 Å². The lowest BCUT2D eigenvalue weighted by Crippen LogP contribution is -2.51. The fourth-order valence-corrected chi connectivity index (χ4v) is 1.52. The van der Waals surface area contributed by atoms with E-state index in [1.54, 1.807) is 0 Å². The summed E-state index contributed by atoms with van der Waals surface area (Å²) < 4.78 is 0. The highest BCUT2D eigenvalue weighted by Gasteiger charge is 2.19. The first-order valence-corrected chi connectivity index (χ1v) is 6.07. The van der Waals surface area contributed by atoms with E-state index in [2.05, 4.69) is 15.5 Å². The third-order valence-electron chi connectivity index (χ3n) is 2.59. The number of carboxylic acid groups (broad SMARTS) is 1. The van der Waals surface area contributed by atoms with Crippen LogP contribution in [-0.4, -0.2) is 65.4 Å². The van der Waals surface area contributed by atoms with Crippen LogP contribution in [0.25, 0.3) is 0 Å². The molecule has 4 N–H and O–H groups in total. The van der Waals surface area contributed by atoms with E-state index in [9.17, 15) is 9.59 Å². The first kappa shape index (κ1) is 16.7. The van der Waals surface area contributed by atoms with Crippen molar-refractivity contribution in [1.82, 2.24) is 15.5 Å². The molecule has 2 amide bonds. The molecule has 0 heterocycles. The van der Waals surface area contributed by atoms with Crippen molar-refractivity contribution in [3.05, 3.63) is 0 Å². The Morgan fingerprint density at radius 2 is 1.78 bits per heavy atom. The van der Waals surface area contributed by atoms with Crippen LogP contribution in [0, 0.1) is 0 Å². The van der Waals surface area contributed by atoms with E-state index in [1.165, 1.54) is 0 Å². The zero-order valence-corrected chi connectivity index (χ0v) is 11.1. The second kappa shape index (κ2) is 8.71. The molecule has 0 rings (SSSR count). The van der Waals surface area contributed by atoms with Gasteiger partial charge in [-0.2, -0.15) is 0 Å². The van der Waals surface area contributed by atoms with Crippen molar-refractivity contribution in [2.75, 3.05) is 26.2 Å². The van der Waals surface area contributed by atoms with Gasteiger partial charge in [0.05, 0.1) is 6.61 Å². The van der Waals surface area contributed by atoms with Gasteiger partial charge in [-0.15, -0.1) is 0 Å². The van der Waals surface area contributed by atoms with Crippen molar-refractivity contribution < 1.29 is 19.8 Å². The molecule has 0 aromatic carbocycles. The number of carboxylic acids is 1. The van der Waals surface area contributed by atoms with Gasteiger partial charge < -0.3 is 25.7 Å². The maximum absolute atomic E-state index is 11.5. The van der Waals surface area contributed by atoms with Gasteiger partial charge in [-0.1, -0.05) is 13.8 Å². The number of aliphatic hydroxyl groups excluding tert-OH is 1. The van der Waals surface area contributed by atoms with Crippen molar-refractivity contribution in [3.8, 4) is 0 Å². The average Bonchev–Trinajstić information content (AvgIpc) is 2.32. The van der Waals surface area contributed by atoms with Gasteiger partial charge in [-0.3, -0.25) is 0 Å². The van der Waals surface area contributed by atoms with Gasteiger partial charge in [0.25, 0.3) is 0 Å². The topological polar surface area (TPSA) is 102 Å². The maximum atomic E-state index is 11.5. The van der Waals surface area contributed by atoms with Crippen LogP contribution in [0.5, 0.6) is 0 Å². The summed E-state index contributed by atoms with van der Waals surface area (Å²) in [5, 5.41) is 22.3. The largest absolute Gasteiger partial charge is 0.480 e. The molecule has 0 fully saturated rings. The van der Waals surface area contributed by atoms with Crippen molar-refractivity contribution in [1.29, 1.82) is 0 Å². The molecule has 0 aliphatic carbocycles. The minimum atomic E-state index is -1.27. The second-order valence-corrected chi connectivity index (χ2v) is 4.08. The normalized spacial score (nSPS) is 14.1. The molecule has 7 heteroatoms. The van der Waals surface area contributed by atoms with Crippen LogP contribution in [0.4, 0.5) is 4.79 Å². The summed E-state index contributed by atoms with van der Waals surface area (Å²) in [7, 11) is 0. The molecule has 0 aromatic heterocycles. The number of rotatable bonds is 8. The van der Waals surface area contributed by atoms with Crippen LogP contribution in [-0.2, 0) is 4.79 Å². The minimum absolute atomic E-state index is 0.0990. The molecule has 0 bridgehead atoms. The smallest absolute Gasteiger partial charge is 0.328 e. The Hall–Kier alpha value is -1.34. The van der Waals surface area contributed by atoms with Gasteiger partial charge in [0.1, 0.15) is 0 Å². The summed E-state index contributed by atoms with van der Waals surface area (Å²) >= 11 is 0. The lowest BCUT2D eigenvalue weighted by molar-refractivity contribution is -0.140. The molecule has 0 aliphatic rings. The third-order valence-corrected chi connectivity index (χ3v) is 2.59. The Balaban J connectivity index is 4.10. The molecule has 0 saturated heterocycles. The maximum Gasteiger partial charge on any atom is 0.328 e. The fourth-order valence-electron chi connectivity index (χ4n) is 1.52. The first-order valence-electron chi connectivity index (χ1n) is 6.07. The van der Waals surface area contributed by atoms with Gasteiger partial charge in [0, 0.05) is 12.6 Å². The van der Waals surface area contributed by atoms with Gasteiger partial charge in [0.2, 0.25) is 0 Å². The Kier molecular flexibility index (Phi) is 8.06. The lowest BCUT2D eigenvalue weighted by Gasteiger charge is -2.24. The molecule has 0 spiro atoms. The third kappa shape index (κ3) is 6.41. The SMILES string of the molecule is CCN(CC)CC(C)NC(=O)N[C@H](CO)C(=O)O. The number of aliphatic carboxylic acids is 1. The van der Waals surface area contributed by atoms with Gasteiger partial charge in [0.15, 0.2) is 6.04 Å². The monoisotopic (exact) mass is 261 g/mol. The highest BCUT2D eigenvalue weighted by Crippen LogP contribution is 1.92. The van der Waals surface area contributed by atoms with Gasteiger partial charge >= 0.3 is 12.0 Å². The fraction of sp³-hybridized carbons (Fsp3) is 0.818. The summed E-state index contributed by atoms with van der Waals surface area (Å²) in [6.07, 6.45) is 0. The summed E-state index contributed by atoms with van der Waals surface area (Å²) in [6.45, 7) is 7.74. The molecule has 0 saturated carbocycles. The quantitative estimate of drug-likeness (QED) is 0.470. The predicted molar refractivity (Wildman–Crippen MR) is 67.4 cm³/mol. The van der Waals surface area contributed by atoms with Crippen molar-refractivity contribution >= 4 is 12.0 Å². The Morgan fingerprint density at radius 3 is 2.17 bits per heavy atom. The summed E-state index contributed by atoms with van der Waals surface area (Å²) in [4.78, 5) is 24.2. The van der Waals surface area contributed by atoms with E-state index >= 15 is 0 Å². The molecule has 0 aromatic rings. The van der Waals surface area contributed by atoms with Crippen molar-refractivity contribution in [3.63, 3.8) is 0 Å². The molecular formula is C11H23N3O4. The Morgan fingerprint density at radius 1 is 1.22 bits per heavy atom. The van der Waals surface area contributed by atoms with E-state index in [0.717, 1.165) is 13.1 Å². The van der Waals surface area contributed by atoms with Crippen LogP contribution in [0.3, 0.4) is 0 Å². The first-order chi connectivity index (χ1) is 8.44. The summed E-state index contributed by atoms with van der Waals surface area (Å²) in [6, 6.07) is -1.96. The van der Waals surface area contributed by atoms with E-state index < -0.39 is 24.6 Å². The van der Waals surface area contributed by atoms with Crippen LogP contribution in [0.1, 0.15) is 20.8 Å². The highest BCUT2D eigenvalue weighted by molar-refractivity contribution is 5.82. The number of amides is 2. The number of hydrogen-bond acceptors (Lipinski definition) is 4. The van der Waals surface area contributed by atoms with Gasteiger partial charge in [-0.25, -0.2) is 9.59 Å². The standard InChI is InChI=1S/C11H23N3O4/c1-4-14(5-2)6-8(3)12-11(18)13-9(7-15)10(16)17/h8-9,15H,4-7H2,1-3H3,(H,16,17)(H2,12,13,18)/t8?,9-/m1/s1. The molecule has 0 aliphatic heterocycles. The van der Waals surface area contributed by atoms with E-state index in [4.69, 9.17) is 10.2 Å². The van der Waals surface area contributed by atoms with E-state index in [0.29, 0.717) is 6.54 Å². The van der Waals surface area contributed by atoms with Crippen LogP contribution in [0.15, 0.2) is 0 Å². The Bertz CT molecular complexity index is 269. The average molecular weight is 261 g/mol. The number of nitrogens with zero attached hydrogens (tertiary/aromatic N) is 1. The molecular weight excluding hydrogens is 238 g/mol. The number of likely N-dealkylation sites (N-methyl/N-ethyl adjacent to an activating group) is 1. The van der Waals surface area contributed by atoms with Crippen molar-refractivity contribution in [2.45, 2.75) is 32.9 Å². The highest BCUT2D eigenvalue weighted by atomic mass is 16.4. The summed E-state index contributed by atoms with van der Waals surface area (Å²) in [5.41, 5.74) is 0. The second-order valence-electron chi connectivity index (χ2n) is 4.08. The van der Waals surface area contributed by atoms with Crippen LogP contribution >= 0.6 is 0 Å². The van der Waals surface area contributed by atoms with Gasteiger partial charge in [-0.05, 0) is 20.0 Å². The van der Waals surface area contributed by atoms with Crippen LogP contribution in [0.2, 0.25) is 0 Å². The molecule has 1 unspecified atom stereocenters. The number of urea groups is 1. The molecule has 106 valence electrons. The van der Waals surface area contributed by atoms with E-state index in [-0.39, 0.29) is 6.04 Å². The number of carbonyl (C=O) groups is 2. The number of carbonyl (C=O) groups excluding carboxylic acids is 1. The van der Waals surface area contributed by atoms with Crippen molar-refractivity contribution in [2.24, 2.45) is 0 Å². The minimum Gasteiger partial charge on any atom is -0.480 e. The molecule has 7 nitrogen and oxygen atoms in total. The predicted octanol–water partition coefficient (Wildman–Crippen LogP) is -0.539. The van der Waals surface area contributed by atoms with Crippen LogP contribution < -0.4 is 10.6 Å². The summed E-state index contributed by atoms with van der Waals surface area (Å²) in [5.74, 6) is -1.26. The zero-order valence-electron chi connectivity index (χ0n) is 11.1. The lowest BCUT2D eigenvalue weighted by atomic mass is 10.3. The number of hydrogen-bond donors (Lipinski definition) is 4. The molecule has 18 heavy (non-hydrogen) atoms. The molecule has 2 atom stereocenters. The molecule has 0 radical (unpaired) electrons.